The van der Waals surface area contributed by atoms with Gasteiger partial charge in [-0.2, -0.15) is 0 Å². The van der Waals surface area contributed by atoms with Gasteiger partial charge in [0, 0.05) is 18.7 Å². The molecule has 0 fully saturated rings. The molecule has 5 heteroatoms. The van der Waals surface area contributed by atoms with Crippen molar-refractivity contribution in [2.75, 3.05) is 6.61 Å². The summed E-state index contributed by atoms with van der Waals surface area (Å²) < 4.78 is 1.80. The van der Waals surface area contributed by atoms with Gasteiger partial charge >= 0.3 is 0 Å². The average molecular weight is 212 g/mol. The van der Waals surface area contributed by atoms with Gasteiger partial charge in [0.2, 0.25) is 0 Å². The fourth-order valence-corrected chi connectivity index (χ4v) is 2.18. The van der Waals surface area contributed by atoms with Crippen LogP contribution in [0.25, 0.3) is 10.3 Å². The van der Waals surface area contributed by atoms with Crippen LogP contribution in [0.3, 0.4) is 0 Å². The first-order valence-corrected chi connectivity index (χ1v) is 5.11. The minimum Gasteiger partial charge on any atom is -0.396 e. The van der Waals surface area contributed by atoms with Crippen molar-refractivity contribution in [3.05, 3.63) is 21.8 Å². The number of hydrogen-bond donors (Lipinski definition) is 2. The van der Waals surface area contributed by atoms with E-state index in [9.17, 15) is 0 Å². The van der Waals surface area contributed by atoms with Gasteiger partial charge in [-0.3, -0.25) is 0 Å². The van der Waals surface area contributed by atoms with Crippen LogP contribution in [0.2, 0.25) is 0 Å². The molecule has 13 heavy (non-hydrogen) atoms. The number of hydrogen-bond acceptors (Lipinski definition) is 4. The van der Waals surface area contributed by atoms with E-state index in [1.165, 1.54) is 11.3 Å². The summed E-state index contributed by atoms with van der Waals surface area (Å²) in [6.07, 6.45) is 0.590. The molecule has 2 aromatic heterocycles. The summed E-state index contributed by atoms with van der Waals surface area (Å²) in [7, 11) is 0. The maximum atomic E-state index is 8.73. The molecule has 2 rings (SSSR count). The second-order valence-electron chi connectivity index (χ2n) is 2.64. The van der Waals surface area contributed by atoms with Gasteiger partial charge in [-0.1, -0.05) is 0 Å². The molecule has 0 atom stereocenters. The quantitative estimate of drug-likeness (QED) is 0.747. The van der Waals surface area contributed by atoms with Crippen molar-refractivity contribution in [3.8, 4) is 0 Å². The van der Waals surface area contributed by atoms with Gasteiger partial charge in [-0.15, -0.1) is 11.3 Å². The third-order valence-corrected chi connectivity index (χ3v) is 2.90. The number of nitrogens with one attached hydrogen (secondary N) is 1. The van der Waals surface area contributed by atoms with E-state index < -0.39 is 0 Å². The van der Waals surface area contributed by atoms with Gasteiger partial charge in [0.1, 0.15) is 5.65 Å². The number of H-pyrrole nitrogens is 1. The second kappa shape index (κ2) is 3.53. The molecule has 0 aromatic carbocycles. The Bertz CT molecular complexity index is 474. The summed E-state index contributed by atoms with van der Waals surface area (Å²) in [5.74, 6) is 0. The van der Waals surface area contributed by atoms with Crippen LogP contribution in [0.15, 0.2) is 12.1 Å². The lowest BCUT2D eigenvalue weighted by molar-refractivity contribution is 0.298. The fourth-order valence-electron chi connectivity index (χ4n) is 1.13. The number of pyridine rings is 1. The molecular formula is C8H8N2OS2. The number of thiazole rings is 1. The van der Waals surface area contributed by atoms with Crippen LogP contribution in [0.1, 0.15) is 5.69 Å². The first-order valence-electron chi connectivity index (χ1n) is 3.89. The SMILES string of the molecule is OCCc1ccc2sc(=S)[nH]c2n1. The second-order valence-corrected chi connectivity index (χ2v) is 4.36. The van der Waals surface area contributed by atoms with Crippen LogP contribution in [0.5, 0.6) is 0 Å². The highest BCUT2D eigenvalue weighted by Gasteiger charge is 1.99. The zero-order valence-electron chi connectivity index (χ0n) is 6.78. The molecule has 0 radical (unpaired) electrons. The number of aromatic amines is 1. The standard InChI is InChI=1S/C8H8N2OS2/c11-4-3-5-1-2-6-7(9-5)10-8(12)13-6/h1-2,11H,3-4H2,(H,9,10,12). The summed E-state index contributed by atoms with van der Waals surface area (Å²) in [5.41, 5.74) is 1.71. The number of rotatable bonds is 2. The van der Waals surface area contributed by atoms with E-state index in [2.05, 4.69) is 9.97 Å². The predicted molar refractivity (Wildman–Crippen MR) is 55.6 cm³/mol. The van der Waals surface area contributed by atoms with Crippen LogP contribution < -0.4 is 0 Å². The first-order chi connectivity index (χ1) is 6.29. The zero-order chi connectivity index (χ0) is 9.26. The largest absolute Gasteiger partial charge is 0.396 e. The first kappa shape index (κ1) is 8.80. The van der Waals surface area contributed by atoms with Crippen molar-refractivity contribution < 1.29 is 5.11 Å². The molecule has 0 aliphatic carbocycles. The maximum absolute atomic E-state index is 8.73. The highest BCUT2D eigenvalue weighted by atomic mass is 32.1. The Morgan fingerprint density at radius 3 is 3.15 bits per heavy atom. The highest BCUT2D eigenvalue weighted by molar-refractivity contribution is 7.73. The molecule has 0 unspecified atom stereocenters. The topological polar surface area (TPSA) is 48.9 Å². The Morgan fingerprint density at radius 1 is 1.54 bits per heavy atom. The zero-order valence-corrected chi connectivity index (χ0v) is 8.41. The van der Waals surface area contributed by atoms with Crippen molar-refractivity contribution in [2.45, 2.75) is 6.42 Å². The molecule has 0 saturated heterocycles. The predicted octanol–water partition coefficient (Wildman–Crippen LogP) is 1.89. The highest BCUT2D eigenvalue weighted by Crippen LogP contribution is 2.17. The Morgan fingerprint density at radius 2 is 2.38 bits per heavy atom. The summed E-state index contributed by atoms with van der Waals surface area (Å²) in [5, 5.41) is 8.73. The molecular weight excluding hydrogens is 204 g/mol. The van der Waals surface area contributed by atoms with Crippen molar-refractivity contribution in [2.24, 2.45) is 0 Å². The van der Waals surface area contributed by atoms with Gasteiger partial charge in [-0.05, 0) is 24.4 Å². The molecule has 2 heterocycles. The molecule has 0 aliphatic heterocycles. The van der Waals surface area contributed by atoms with E-state index in [0.29, 0.717) is 6.42 Å². The van der Waals surface area contributed by atoms with E-state index >= 15 is 0 Å². The van der Waals surface area contributed by atoms with E-state index in [1.807, 2.05) is 12.1 Å². The fraction of sp³-hybridized carbons (Fsp3) is 0.250. The number of aliphatic hydroxyl groups is 1. The van der Waals surface area contributed by atoms with Crippen molar-refractivity contribution >= 4 is 33.9 Å². The Kier molecular flexibility index (Phi) is 2.39. The minimum atomic E-state index is 0.128. The number of aromatic nitrogens is 2. The molecule has 0 bridgehead atoms. The third kappa shape index (κ3) is 1.77. The lowest BCUT2D eigenvalue weighted by atomic mass is 10.3. The minimum absolute atomic E-state index is 0.128. The smallest absolute Gasteiger partial charge is 0.160 e. The number of aliphatic hydroxyl groups excluding tert-OH is 1. The molecule has 68 valence electrons. The normalized spacial score (nSPS) is 10.8. The van der Waals surface area contributed by atoms with Crippen molar-refractivity contribution in [1.82, 2.24) is 9.97 Å². The van der Waals surface area contributed by atoms with Crippen molar-refractivity contribution in [1.29, 1.82) is 0 Å². The number of nitrogens with zero attached hydrogens (tertiary/aromatic N) is 1. The van der Waals surface area contributed by atoms with Crippen LogP contribution in [-0.4, -0.2) is 21.7 Å². The molecule has 0 amide bonds. The van der Waals surface area contributed by atoms with Gasteiger partial charge in [0.25, 0.3) is 0 Å². The van der Waals surface area contributed by atoms with Crippen LogP contribution >= 0.6 is 23.6 Å². The molecule has 2 N–H and O–H groups in total. The maximum Gasteiger partial charge on any atom is 0.160 e. The lowest BCUT2D eigenvalue weighted by Gasteiger charge is -1.95. The van der Waals surface area contributed by atoms with E-state index in [0.717, 1.165) is 20.0 Å². The van der Waals surface area contributed by atoms with Gasteiger partial charge < -0.3 is 10.1 Å². The Labute approximate surface area is 84.1 Å². The molecule has 0 saturated carbocycles. The van der Waals surface area contributed by atoms with E-state index in [4.69, 9.17) is 17.3 Å². The monoisotopic (exact) mass is 212 g/mol. The van der Waals surface area contributed by atoms with E-state index in [-0.39, 0.29) is 6.61 Å². The Balaban J connectivity index is 2.54. The average Bonchev–Trinajstić information content (AvgIpc) is 2.44. The Hall–Kier alpha value is -0.780. The van der Waals surface area contributed by atoms with Crippen LogP contribution in [-0.2, 0) is 6.42 Å². The molecule has 0 spiro atoms. The van der Waals surface area contributed by atoms with E-state index in [1.54, 1.807) is 0 Å². The summed E-state index contributed by atoms with van der Waals surface area (Å²) in [6, 6.07) is 3.89. The number of fused-ring (bicyclic) bond motifs is 1. The van der Waals surface area contributed by atoms with Gasteiger partial charge in [0.05, 0.1) is 4.70 Å². The lowest BCUT2D eigenvalue weighted by Crippen LogP contribution is -1.93. The summed E-state index contributed by atoms with van der Waals surface area (Å²) in [4.78, 5) is 7.31. The van der Waals surface area contributed by atoms with Crippen LogP contribution in [0.4, 0.5) is 0 Å². The molecule has 3 nitrogen and oxygen atoms in total. The summed E-state index contributed by atoms with van der Waals surface area (Å²) >= 11 is 6.51. The third-order valence-electron chi connectivity index (χ3n) is 1.71. The molecule has 2 aromatic rings. The van der Waals surface area contributed by atoms with Crippen molar-refractivity contribution in [3.63, 3.8) is 0 Å². The van der Waals surface area contributed by atoms with Gasteiger partial charge in [0.15, 0.2) is 3.95 Å². The summed E-state index contributed by atoms with van der Waals surface area (Å²) in [6.45, 7) is 0.128. The van der Waals surface area contributed by atoms with Gasteiger partial charge in [-0.25, -0.2) is 4.98 Å². The van der Waals surface area contributed by atoms with Crippen LogP contribution in [0, 0.1) is 3.95 Å². The molecule has 0 aliphatic rings.